The Bertz CT molecular complexity index is 1640. The van der Waals surface area contributed by atoms with Crippen molar-refractivity contribution in [1.29, 1.82) is 0 Å². The second kappa shape index (κ2) is 9.29. The van der Waals surface area contributed by atoms with Crippen LogP contribution < -0.4 is 13.6 Å². The highest BCUT2D eigenvalue weighted by molar-refractivity contribution is 6.75. The third kappa shape index (κ3) is 3.62. The van der Waals surface area contributed by atoms with Crippen molar-refractivity contribution < 1.29 is 46.9 Å². The van der Waals surface area contributed by atoms with Crippen LogP contribution in [0, 0.1) is 6.92 Å². The number of fused-ring (bicyclic) bond motifs is 5. The molecular formula is C34H42O10Si. The van der Waals surface area contributed by atoms with E-state index in [0.717, 1.165) is 35.8 Å². The first kappa shape index (κ1) is 29.8. The van der Waals surface area contributed by atoms with E-state index in [0.29, 0.717) is 53.4 Å². The number of epoxide rings is 1. The van der Waals surface area contributed by atoms with Gasteiger partial charge in [-0.1, -0.05) is 41.5 Å². The minimum atomic E-state index is -3.29. The predicted octanol–water partition coefficient (Wildman–Crippen LogP) is 5.76. The fourth-order valence-corrected chi connectivity index (χ4v) is 13.1. The molecule has 1 aliphatic carbocycles. The molecule has 10 nitrogen and oxygen atoms in total. The lowest BCUT2D eigenvalue weighted by Gasteiger charge is -2.51. The van der Waals surface area contributed by atoms with E-state index in [-0.39, 0.29) is 18.2 Å². The largest absolute Gasteiger partial charge is 0.510 e. The van der Waals surface area contributed by atoms with Crippen molar-refractivity contribution in [3.8, 4) is 17.2 Å². The zero-order valence-electron chi connectivity index (χ0n) is 27.3. The highest BCUT2D eigenvalue weighted by atomic mass is 28.4. The van der Waals surface area contributed by atoms with Gasteiger partial charge in [0.25, 0.3) is 5.79 Å². The fraction of sp³-hybridized carbons (Fsp3) is 0.647. The molecular weight excluding hydrogens is 596 g/mol. The Hall–Kier alpha value is -2.54. The third-order valence-corrected chi connectivity index (χ3v) is 15.5. The van der Waals surface area contributed by atoms with Crippen LogP contribution in [-0.4, -0.2) is 70.8 Å². The molecule has 0 saturated carbocycles. The number of aryl methyl sites for hydroxylation is 1. The lowest BCUT2D eigenvalue weighted by molar-refractivity contribution is -0.343. The van der Waals surface area contributed by atoms with Crippen molar-refractivity contribution in [1.82, 2.24) is 0 Å². The lowest BCUT2D eigenvalue weighted by atomic mass is 9.82. The molecule has 0 radical (unpaired) electrons. The topological polar surface area (TPSA) is 111 Å². The van der Waals surface area contributed by atoms with Crippen LogP contribution in [-0.2, 0) is 34.9 Å². The normalized spacial score (nSPS) is 32.1. The molecule has 11 heteroatoms. The van der Waals surface area contributed by atoms with Crippen LogP contribution in [0.15, 0.2) is 6.07 Å². The molecule has 5 aliphatic heterocycles. The summed E-state index contributed by atoms with van der Waals surface area (Å²) < 4.78 is 51.8. The van der Waals surface area contributed by atoms with Crippen LogP contribution in [0.1, 0.15) is 94.0 Å². The molecule has 6 aliphatic rings. The van der Waals surface area contributed by atoms with Gasteiger partial charge in [0, 0.05) is 33.0 Å². The van der Waals surface area contributed by atoms with E-state index in [2.05, 4.69) is 41.5 Å². The molecule has 5 heterocycles. The van der Waals surface area contributed by atoms with Gasteiger partial charge in [-0.2, -0.15) is 0 Å². The Morgan fingerprint density at radius 2 is 1.56 bits per heavy atom. The second-order valence-corrected chi connectivity index (χ2v) is 20.0. The number of methoxy groups -OCH3 is 1. The summed E-state index contributed by atoms with van der Waals surface area (Å²) in [7, 11) is -1.65. The van der Waals surface area contributed by atoms with Crippen LogP contribution in [0.5, 0.6) is 17.2 Å². The number of ketones is 2. The molecule has 1 spiro atoms. The summed E-state index contributed by atoms with van der Waals surface area (Å²) in [5.41, 5.74) is 1.78. The van der Waals surface area contributed by atoms with Gasteiger partial charge in [0.2, 0.25) is 17.7 Å². The average molecular weight is 639 g/mol. The summed E-state index contributed by atoms with van der Waals surface area (Å²) in [6, 6.07) is 2.04. The van der Waals surface area contributed by atoms with E-state index in [9.17, 15) is 9.59 Å². The lowest BCUT2D eigenvalue weighted by Crippen LogP contribution is -2.63. The van der Waals surface area contributed by atoms with E-state index in [1.807, 2.05) is 13.0 Å². The van der Waals surface area contributed by atoms with Crippen molar-refractivity contribution in [2.75, 3.05) is 26.9 Å². The number of benzene rings is 2. The number of Topliss-reactive ketones (excluding diaryl/α,β-unsaturated/α-hetero) is 2. The number of carbonyl (C=O) groups is 2. The Morgan fingerprint density at radius 1 is 0.911 bits per heavy atom. The average Bonchev–Trinajstić information content (AvgIpc) is 3.64. The van der Waals surface area contributed by atoms with E-state index < -0.39 is 48.5 Å². The molecule has 45 heavy (non-hydrogen) atoms. The van der Waals surface area contributed by atoms with Crippen LogP contribution in [0.4, 0.5) is 0 Å². The van der Waals surface area contributed by atoms with Crippen molar-refractivity contribution in [2.45, 2.75) is 114 Å². The number of carbonyl (C=O) groups excluding carboxylic acids is 2. The summed E-state index contributed by atoms with van der Waals surface area (Å²) in [5, 5.41) is 0.654. The van der Waals surface area contributed by atoms with E-state index in [1.54, 1.807) is 7.11 Å². The summed E-state index contributed by atoms with van der Waals surface area (Å²) in [4.78, 5) is 27.8. The Kier molecular flexibility index (Phi) is 6.16. The number of hydrogen-bond donors (Lipinski definition) is 0. The summed E-state index contributed by atoms with van der Waals surface area (Å²) in [6.07, 6.45) is -0.0379. The number of hydrogen-bond acceptors (Lipinski definition) is 10. The number of ether oxygens (including phenoxy) is 6. The molecule has 4 saturated heterocycles. The van der Waals surface area contributed by atoms with Crippen LogP contribution >= 0.6 is 0 Å². The van der Waals surface area contributed by atoms with Crippen molar-refractivity contribution >= 4 is 30.9 Å². The van der Waals surface area contributed by atoms with Gasteiger partial charge in [-0.05, 0) is 37.8 Å². The minimum Gasteiger partial charge on any atom is -0.510 e. The second-order valence-electron chi connectivity index (χ2n) is 15.3. The number of rotatable bonds is 3. The van der Waals surface area contributed by atoms with Crippen LogP contribution in [0.25, 0.3) is 10.8 Å². The molecule has 4 atom stereocenters. The van der Waals surface area contributed by atoms with Gasteiger partial charge >= 0.3 is 8.56 Å². The molecule has 2 aromatic rings. The predicted molar refractivity (Wildman–Crippen MR) is 164 cm³/mol. The Morgan fingerprint density at radius 3 is 2.18 bits per heavy atom. The van der Waals surface area contributed by atoms with Gasteiger partial charge in [0.15, 0.2) is 11.9 Å². The first-order valence-corrected chi connectivity index (χ1v) is 17.9. The van der Waals surface area contributed by atoms with E-state index in [4.69, 9.17) is 37.3 Å². The minimum absolute atomic E-state index is 0.0419. The molecule has 0 N–H and O–H groups in total. The Labute approximate surface area is 264 Å². The maximum absolute atomic E-state index is 14.1. The molecule has 2 bridgehead atoms. The van der Waals surface area contributed by atoms with Gasteiger partial charge in [0.05, 0.1) is 37.9 Å². The standard InChI is InChI=1S/C34H42O10Si/c1-17-15-19-23-25(21(17)27-28-29(36)33(16-40-33)34(41-27,42-28)30-38-13-10-14-39-30)43-45(31(2,3)4,32(5,6)7)44-26(23)22-18(24(19)37-8)11-9-12-20(22)35/h15,27-28,30H,9-14,16H2,1-8H3/t27-,28-,33-,34-/m0/s1. The zero-order chi connectivity index (χ0) is 31.9. The van der Waals surface area contributed by atoms with Gasteiger partial charge in [0.1, 0.15) is 23.4 Å². The molecule has 0 amide bonds. The quantitative estimate of drug-likeness (QED) is 0.304. The van der Waals surface area contributed by atoms with Gasteiger partial charge in [-0.25, -0.2) is 0 Å². The third-order valence-electron chi connectivity index (χ3n) is 10.5. The van der Waals surface area contributed by atoms with E-state index >= 15 is 0 Å². The maximum atomic E-state index is 14.1. The molecule has 0 unspecified atom stereocenters. The highest BCUT2D eigenvalue weighted by Crippen LogP contribution is 2.65. The zero-order valence-corrected chi connectivity index (χ0v) is 28.3. The Balaban J connectivity index is 1.41. The van der Waals surface area contributed by atoms with Crippen LogP contribution in [0.3, 0.4) is 0 Å². The molecule has 8 rings (SSSR count). The van der Waals surface area contributed by atoms with Gasteiger partial charge in [-0.15, -0.1) is 0 Å². The smallest absolute Gasteiger partial charge is 0.471 e. The summed E-state index contributed by atoms with van der Waals surface area (Å²) in [5.74, 6) is 0.128. The van der Waals surface area contributed by atoms with E-state index in [1.165, 1.54) is 0 Å². The maximum Gasteiger partial charge on any atom is 0.471 e. The highest BCUT2D eigenvalue weighted by Gasteiger charge is 2.84. The first-order valence-electron chi connectivity index (χ1n) is 16.1. The SMILES string of the molecule is COc1c2c(c3c4c(c([C@@H]5O[C@@]6(C7OCCCO7)O[C@@H]5C(=O)[C@@]65CO5)c(C)cc14)O[Si](C(C)(C)C)(C(C)(C)C)O3)C(=O)CCC2. The first-order chi connectivity index (χ1) is 21.2. The van der Waals surface area contributed by atoms with Gasteiger partial charge in [-0.3, -0.25) is 9.59 Å². The monoisotopic (exact) mass is 638 g/mol. The molecule has 242 valence electrons. The van der Waals surface area contributed by atoms with Gasteiger partial charge < -0.3 is 37.3 Å². The van der Waals surface area contributed by atoms with Crippen molar-refractivity contribution in [3.05, 3.63) is 28.3 Å². The molecule has 4 fully saturated rings. The van der Waals surface area contributed by atoms with Crippen molar-refractivity contribution in [3.63, 3.8) is 0 Å². The fourth-order valence-electron chi connectivity index (χ4n) is 8.62. The van der Waals surface area contributed by atoms with Crippen molar-refractivity contribution in [2.24, 2.45) is 0 Å². The summed E-state index contributed by atoms with van der Waals surface area (Å²) >= 11 is 0. The summed E-state index contributed by atoms with van der Waals surface area (Å²) in [6.45, 7) is 16.0. The molecule has 2 aromatic carbocycles. The van der Waals surface area contributed by atoms with Crippen LogP contribution in [0.2, 0.25) is 10.1 Å². The molecule has 0 aromatic heterocycles.